The Morgan fingerprint density at radius 1 is 1.20 bits per heavy atom. The molecule has 1 aromatic carbocycles. The first kappa shape index (κ1) is 16.7. The molecular weight excluding hydrogens is 338 g/mol. The van der Waals surface area contributed by atoms with Gasteiger partial charge in [0.05, 0.1) is 23.6 Å². The third-order valence-electron chi connectivity index (χ3n) is 5.20. The highest BCUT2D eigenvalue weighted by Crippen LogP contribution is 2.39. The number of aliphatic hydroxyl groups excluding tert-OH is 1. The predicted octanol–water partition coefficient (Wildman–Crippen LogP) is 4.03. The van der Waals surface area contributed by atoms with Crippen molar-refractivity contribution in [1.82, 2.24) is 5.16 Å². The van der Waals surface area contributed by atoms with E-state index in [2.05, 4.69) is 27.5 Å². The number of nitrogens with one attached hydrogen (secondary N) is 1. The van der Waals surface area contributed by atoms with Crippen molar-refractivity contribution in [2.45, 2.75) is 38.1 Å². The Morgan fingerprint density at radius 3 is 2.72 bits per heavy atom. The summed E-state index contributed by atoms with van der Waals surface area (Å²) in [4.78, 5) is 2.36. The Labute approximate surface area is 152 Å². The van der Waals surface area contributed by atoms with Gasteiger partial charge in [0.25, 0.3) is 0 Å². The van der Waals surface area contributed by atoms with E-state index in [9.17, 15) is 5.11 Å². The van der Waals surface area contributed by atoms with E-state index in [0.717, 1.165) is 48.8 Å². The van der Waals surface area contributed by atoms with E-state index < -0.39 is 0 Å². The molecule has 0 atom stereocenters. The zero-order chi connectivity index (χ0) is 17.2. The van der Waals surface area contributed by atoms with Crippen molar-refractivity contribution in [3.8, 4) is 0 Å². The van der Waals surface area contributed by atoms with Crippen molar-refractivity contribution in [1.29, 1.82) is 0 Å². The molecule has 6 heteroatoms. The van der Waals surface area contributed by atoms with E-state index in [1.807, 2.05) is 12.1 Å². The van der Waals surface area contributed by atoms with Gasteiger partial charge in [-0.1, -0.05) is 16.8 Å². The van der Waals surface area contributed by atoms with E-state index in [1.165, 1.54) is 12.8 Å². The van der Waals surface area contributed by atoms with Crippen LogP contribution in [0.15, 0.2) is 28.8 Å². The molecular formula is C19H24ClN3O2. The molecule has 4 rings (SSSR count). The van der Waals surface area contributed by atoms with Gasteiger partial charge in [0.15, 0.2) is 5.76 Å². The average Bonchev–Trinajstić information content (AvgIpc) is 3.39. The van der Waals surface area contributed by atoms with Crippen LogP contribution in [-0.4, -0.2) is 30.0 Å². The first-order valence-corrected chi connectivity index (χ1v) is 9.45. The monoisotopic (exact) mass is 361 g/mol. The lowest BCUT2D eigenvalue weighted by Crippen LogP contribution is -2.35. The third kappa shape index (κ3) is 3.93. The summed E-state index contributed by atoms with van der Waals surface area (Å²) in [6.07, 6.45) is 4.49. The second kappa shape index (κ2) is 7.26. The lowest BCUT2D eigenvalue weighted by molar-refractivity contribution is 0.203. The fourth-order valence-corrected chi connectivity index (χ4v) is 3.62. The minimum absolute atomic E-state index is 0.286. The molecule has 0 unspecified atom stereocenters. The first-order valence-electron chi connectivity index (χ1n) is 9.07. The largest absolute Gasteiger partial charge is 0.396 e. The van der Waals surface area contributed by atoms with Crippen LogP contribution in [0.2, 0.25) is 5.02 Å². The minimum Gasteiger partial charge on any atom is -0.396 e. The average molecular weight is 362 g/mol. The molecule has 0 spiro atoms. The van der Waals surface area contributed by atoms with Gasteiger partial charge in [-0.2, -0.15) is 0 Å². The Kier molecular flexibility index (Phi) is 4.86. The summed E-state index contributed by atoms with van der Waals surface area (Å²) in [6, 6.07) is 8.02. The topological polar surface area (TPSA) is 61.5 Å². The summed E-state index contributed by atoms with van der Waals surface area (Å²) in [7, 11) is 0. The number of benzene rings is 1. The molecule has 25 heavy (non-hydrogen) atoms. The molecule has 0 amide bonds. The summed E-state index contributed by atoms with van der Waals surface area (Å²) in [6.45, 7) is 2.79. The molecule has 1 aromatic heterocycles. The fraction of sp³-hybridized carbons (Fsp3) is 0.526. The SMILES string of the molecule is OCC1CCN(c2ccc(Cl)cc2NCc2cc(C3CC3)no2)CC1. The van der Waals surface area contributed by atoms with Gasteiger partial charge in [-0.3, -0.25) is 0 Å². The van der Waals surface area contributed by atoms with E-state index in [0.29, 0.717) is 23.4 Å². The van der Waals surface area contributed by atoms with Crippen LogP contribution in [0.1, 0.15) is 43.1 Å². The van der Waals surface area contributed by atoms with Gasteiger partial charge >= 0.3 is 0 Å². The molecule has 1 saturated heterocycles. The highest BCUT2D eigenvalue weighted by molar-refractivity contribution is 6.31. The van der Waals surface area contributed by atoms with Crippen LogP contribution in [0, 0.1) is 5.92 Å². The number of aromatic nitrogens is 1. The number of halogens is 1. The smallest absolute Gasteiger partial charge is 0.156 e. The molecule has 2 heterocycles. The zero-order valence-corrected chi connectivity index (χ0v) is 15.0. The maximum atomic E-state index is 9.33. The van der Waals surface area contributed by atoms with Crippen molar-refractivity contribution >= 4 is 23.0 Å². The van der Waals surface area contributed by atoms with Gasteiger partial charge in [-0.05, 0) is 49.8 Å². The van der Waals surface area contributed by atoms with Crippen LogP contribution in [0.4, 0.5) is 11.4 Å². The zero-order valence-electron chi connectivity index (χ0n) is 14.2. The summed E-state index contributed by atoms with van der Waals surface area (Å²) in [5.74, 6) is 1.88. The molecule has 1 aliphatic heterocycles. The molecule has 0 radical (unpaired) electrons. The van der Waals surface area contributed by atoms with Crippen LogP contribution in [-0.2, 0) is 6.54 Å². The second-order valence-corrected chi connectivity index (χ2v) is 7.56. The summed E-state index contributed by atoms with van der Waals surface area (Å²) >= 11 is 6.21. The van der Waals surface area contributed by atoms with E-state index in [-0.39, 0.29) is 6.61 Å². The first-order chi connectivity index (χ1) is 12.2. The highest BCUT2D eigenvalue weighted by atomic mass is 35.5. The Bertz CT molecular complexity index is 721. The fourth-order valence-electron chi connectivity index (χ4n) is 3.45. The van der Waals surface area contributed by atoms with Crippen LogP contribution in [0.5, 0.6) is 0 Å². The van der Waals surface area contributed by atoms with Gasteiger partial charge in [0.2, 0.25) is 0 Å². The Morgan fingerprint density at radius 2 is 2.00 bits per heavy atom. The van der Waals surface area contributed by atoms with Crippen LogP contribution in [0.25, 0.3) is 0 Å². The number of nitrogens with zero attached hydrogens (tertiary/aromatic N) is 2. The number of anilines is 2. The second-order valence-electron chi connectivity index (χ2n) is 7.12. The summed E-state index contributed by atoms with van der Waals surface area (Å²) in [5.41, 5.74) is 3.25. The maximum absolute atomic E-state index is 9.33. The molecule has 1 aliphatic carbocycles. The van der Waals surface area contributed by atoms with Gasteiger partial charge in [-0.15, -0.1) is 0 Å². The molecule has 2 N–H and O–H groups in total. The van der Waals surface area contributed by atoms with Crippen molar-refractivity contribution in [3.63, 3.8) is 0 Å². The normalized spacial score (nSPS) is 18.6. The number of hydrogen-bond donors (Lipinski definition) is 2. The van der Waals surface area contributed by atoms with Gasteiger partial charge in [-0.25, -0.2) is 0 Å². The molecule has 0 bridgehead atoms. The summed E-state index contributed by atoms with van der Waals surface area (Å²) in [5, 5.41) is 17.7. The van der Waals surface area contributed by atoms with Gasteiger partial charge < -0.3 is 19.8 Å². The van der Waals surface area contributed by atoms with E-state index in [4.69, 9.17) is 16.1 Å². The van der Waals surface area contributed by atoms with Gasteiger partial charge in [0.1, 0.15) is 0 Å². The number of piperidine rings is 1. The highest BCUT2D eigenvalue weighted by Gasteiger charge is 2.27. The van der Waals surface area contributed by atoms with Crippen LogP contribution >= 0.6 is 11.6 Å². The number of aliphatic hydroxyl groups is 1. The Hall–Kier alpha value is -1.72. The van der Waals surface area contributed by atoms with Crippen molar-refractivity contribution in [3.05, 3.63) is 40.7 Å². The summed E-state index contributed by atoms with van der Waals surface area (Å²) < 4.78 is 5.45. The molecule has 2 aromatic rings. The quantitative estimate of drug-likeness (QED) is 0.813. The molecule has 1 saturated carbocycles. The molecule has 2 aliphatic rings. The van der Waals surface area contributed by atoms with Crippen molar-refractivity contribution in [2.75, 3.05) is 29.9 Å². The molecule has 134 valence electrons. The number of rotatable bonds is 6. The Balaban J connectivity index is 1.45. The number of hydrogen-bond acceptors (Lipinski definition) is 5. The predicted molar refractivity (Wildman–Crippen MR) is 99.3 cm³/mol. The van der Waals surface area contributed by atoms with E-state index >= 15 is 0 Å². The maximum Gasteiger partial charge on any atom is 0.156 e. The molecule has 5 nitrogen and oxygen atoms in total. The van der Waals surface area contributed by atoms with Gasteiger partial charge in [0, 0.05) is 36.7 Å². The van der Waals surface area contributed by atoms with Crippen LogP contribution < -0.4 is 10.2 Å². The minimum atomic E-state index is 0.286. The third-order valence-corrected chi connectivity index (χ3v) is 5.43. The van der Waals surface area contributed by atoms with Crippen molar-refractivity contribution < 1.29 is 9.63 Å². The lowest BCUT2D eigenvalue weighted by atomic mass is 9.97. The van der Waals surface area contributed by atoms with E-state index in [1.54, 1.807) is 0 Å². The lowest BCUT2D eigenvalue weighted by Gasteiger charge is -2.34. The standard InChI is InChI=1S/C19H24ClN3O2/c20-15-3-4-19(23-7-5-13(12-24)6-8-23)18(9-15)21-11-16-10-17(22-25-16)14-1-2-14/h3-4,9-10,13-14,21,24H,1-2,5-8,11-12H2. The van der Waals surface area contributed by atoms with Crippen LogP contribution in [0.3, 0.4) is 0 Å². The van der Waals surface area contributed by atoms with Crippen molar-refractivity contribution in [2.24, 2.45) is 5.92 Å². The molecule has 2 fully saturated rings.